The monoisotopic (exact) mass is 707 g/mol. The molecule has 1 aliphatic heterocycles. The Bertz CT molecular complexity index is 1650. The van der Waals surface area contributed by atoms with Crippen molar-refractivity contribution in [2.45, 2.75) is 0 Å². The number of benzene rings is 4. The van der Waals surface area contributed by atoms with E-state index < -0.39 is 23.8 Å². The Morgan fingerprint density at radius 1 is 0.810 bits per heavy atom. The largest absolute Gasteiger partial charge is 0.482 e. The molecule has 0 saturated carbocycles. The third-order valence-corrected chi connectivity index (χ3v) is 7.39. The van der Waals surface area contributed by atoms with E-state index in [1.54, 1.807) is 97.1 Å². The van der Waals surface area contributed by atoms with Crippen LogP contribution in [0.15, 0.2) is 112 Å². The fourth-order valence-electron chi connectivity index (χ4n) is 4.20. The van der Waals surface area contributed by atoms with Crippen LogP contribution in [0.2, 0.25) is 5.02 Å². The van der Waals surface area contributed by atoms with Gasteiger partial charge in [0.15, 0.2) is 6.61 Å². The number of anilines is 3. The highest BCUT2D eigenvalue weighted by Crippen LogP contribution is 2.36. The highest BCUT2D eigenvalue weighted by molar-refractivity contribution is 9.11. The average molecular weight is 710 g/mol. The fraction of sp³-hybridized carbons (Fsp3) is 0.0323. The number of barbiturate groups is 1. The number of hydrogen-bond donors (Lipinski definition) is 1. The molecule has 0 atom stereocenters. The molecule has 0 aromatic heterocycles. The van der Waals surface area contributed by atoms with Gasteiger partial charge in [-0.2, -0.15) is 0 Å². The molecule has 1 fully saturated rings. The highest BCUT2D eigenvalue weighted by Gasteiger charge is 2.43. The number of para-hydroxylation sites is 2. The zero-order valence-electron chi connectivity index (χ0n) is 21.6. The Morgan fingerprint density at radius 2 is 1.36 bits per heavy atom. The van der Waals surface area contributed by atoms with E-state index in [9.17, 15) is 19.2 Å². The molecule has 1 heterocycles. The zero-order valence-corrected chi connectivity index (χ0v) is 25.5. The van der Waals surface area contributed by atoms with Gasteiger partial charge in [-0.3, -0.25) is 14.4 Å². The maximum absolute atomic E-state index is 13.8. The molecule has 210 valence electrons. The number of carbonyl (C=O) groups excluding carboxylic acids is 4. The van der Waals surface area contributed by atoms with Gasteiger partial charge in [-0.15, -0.1) is 0 Å². The number of ether oxygens (including phenoxy) is 1. The Morgan fingerprint density at radius 3 is 1.90 bits per heavy atom. The molecular weight excluding hydrogens is 690 g/mol. The van der Waals surface area contributed by atoms with Crippen molar-refractivity contribution in [3.8, 4) is 5.75 Å². The quantitative estimate of drug-likeness (QED) is 0.159. The minimum atomic E-state index is -0.801. The first kappa shape index (κ1) is 29.2. The van der Waals surface area contributed by atoms with Crippen LogP contribution in [0.3, 0.4) is 0 Å². The van der Waals surface area contributed by atoms with Gasteiger partial charge in [0.05, 0.1) is 15.8 Å². The summed E-state index contributed by atoms with van der Waals surface area (Å²) < 4.78 is 6.95. The number of carbonyl (C=O) groups is 4. The molecule has 1 saturated heterocycles. The van der Waals surface area contributed by atoms with Gasteiger partial charge in [-0.25, -0.2) is 14.6 Å². The summed E-state index contributed by atoms with van der Waals surface area (Å²) in [5, 5.41) is 3.25. The Balaban J connectivity index is 1.52. The van der Waals surface area contributed by atoms with Gasteiger partial charge in [0.25, 0.3) is 17.7 Å². The third-order valence-electron chi connectivity index (χ3n) is 6.09. The van der Waals surface area contributed by atoms with E-state index in [-0.39, 0.29) is 17.9 Å². The van der Waals surface area contributed by atoms with Crippen LogP contribution in [-0.2, 0) is 14.4 Å². The van der Waals surface area contributed by atoms with Crippen molar-refractivity contribution in [1.82, 2.24) is 0 Å². The zero-order chi connectivity index (χ0) is 29.8. The van der Waals surface area contributed by atoms with E-state index in [1.807, 2.05) is 0 Å². The smallest absolute Gasteiger partial charge is 0.343 e. The average Bonchev–Trinajstić information content (AvgIpc) is 2.97. The lowest BCUT2D eigenvalue weighted by Gasteiger charge is -2.34. The van der Waals surface area contributed by atoms with Crippen LogP contribution in [0, 0.1) is 0 Å². The molecule has 4 aromatic rings. The lowest BCUT2D eigenvalue weighted by molar-refractivity contribution is -0.121. The van der Waals surface area contributed by atoms with Crippen molar-refractivity contribution in [3.63, 3.8) is 0 Å². The molecule has 4 aromatic carbocycles. The molecule has 0 spiro atoms. The molecule has 42 heavy (non-hydrogen) atoms. The Kier molecular flexibility index (Phi) is 8.86. The molecule has 0 bridgehead atoms. The van der Waals surface area contributed by atoms with Crippen molar-refractivity contribution in [3.05, 3.63) is 122 Å². The van der Waals surface area contributed by atoms with Gasteiger partial charge >= 0.3 is 6.03 Å². The predicted octanol–water partition coefficient (Wildman–Crippen LogP) is 7.47. The van der Waals surface area contributed by atoms with E-state index in [2.05, 4.69) is 37.2 Å². The fourth-order valence-corrected chi connectivity index (χ4v) is 5.70. The lowest BCUT2D eigenvalue weighted by atomic mass is 10.0. The first-order valence-electron chi connectivity index (χ1n) is 12.4. The number of halogens is 3. The highest BCUT2D eigenvalue weighted by atomic mass is 79.9. The summed E-state index contributed by atoms with van der Waals surface area (Å²) in [5.41, 5.74) is 1.19. The predicted molar refractivity (Wildman–Crippen MR) is 169 cm³/mol. The number of imide groups is 2. The summed E-state index contributed by atoms with van der Waals surface area (Å²) in [7, 11) is 0. The maximum atomic E-state index is 13.8. The summed E-state index contributed by atoms with van der Waals surface area (Å²) in [6.45, 7) is -0.369. The lowest BCUT2D eigenvalue weighted by Crippen LogP contribution is -2.57. The number of rotatable bonds is 7. The van der Waals surface area contributed by atoms with Gasteiger partial charge in [0.2, 0.25) is 0 Å². The second kappa shape index (κ2) is 12.7. The van der Waals surface area contributed by atoms with Gasteiger partial charge < -0.3 is 10.1 Å². The number of nitrogens with zero attached hydrogens (tertiary/aromatic N) is 2. The number of amides is 5. The number of hydrogen-bond acceptors (Lipinski definition) is 5. The molecule has 8 nitrogen and oxygen atoms in total. The van der Waals surface area contributed by atoms with Gasteiger partial charge in [0, 0.05) is 20.7 Å². The van der Waals surface area contributed by atoms with E-state index >= 15 is 0 Å². The van der Waals surface area contributed by atoms with Gasteiger partial charge in [0.1, 0.15) is 11.3 Å². The third kappa shape index (κ3) is 6.30. The molecule has 5 rings (SSSR count). The number of nitrogens with one attached hydrogen (secondary N) is 1. The Labute approximate surface area is 262 Å². The summed E-state index contributed by atoms with van der Waals surface area (Å²) in [6.07, 6.45) is 1.35. The second-order valence-corrected chi connectivity index (χ2v) is 11.1. The summed E-state index contributed by atoms with van der Waals surface area (Å²) in [6, 6.07) is 25.8. The molecule has 0 radical (unpaired) electrons. The van der Waals surface area contributed by atoms with Crippen molar-refractivity contribution >= 4 is 90.4 Å². The SMILES string of the molecule is O=C(COc1c(Br)cc(Br)cc1C=C1C(=O)N(c2ccccc2)C(=O)N(c2ccccc2)C1=O)Nc1ccc(Cl)cc1. The van der Waals surface area contributed by atoms with Crippen molar-refractivity contribution in [2.75, 3.05) is 21.7 Å². The molecule has 0 unspecified atom stereocenters. The van der Waals surface area contributed by atoms with Crippen LogP contribution in [0.1, 0.15) is 5.56 Å². The summed E-state index contributed by atoms with van der Waals surface area (Å²) in [4.78, 5) is 55.6. The van der Waals surface area contributed by atoms with Gasteiger partial charge in [-0.1, -0.05) is 63.9 Å². The number of urea groups is 1. The van der Waals surface area contributed by atoms with E-state index in [0.29, 0.717) is 36.6 Å². The Hall–Kier alpha value is -4.25. The second-order valence-electron chi connectivity index (χ2n) is 8.94. The van der Waals surface area contributed by atoms with E-state index in [4.69, 9.17) is 16.3 Å². The van der Waals surface area contributed by atoms with Crippen molar-refractivity contribution in [2.24, 2.45) is 0 Å². The van der Waals surface area contributed by atoms with Crippen LogP contribution in [0.5, 0.6) is 5.75 Å². The summed E-state index contributed by atoms with van der Waals surface area (Å²) in [5.74, 6) is -1.82. The standard InChI is InChI=1S/C31H20Br2ClN3O5/c32-20-15-19(28(26(33)17-20)42-18-27(38)35-22-13-11-21(34)12-14-22)16-25-29(39)36(23-7-3-1-4-8-23)31(41)37(30(25)40)24-9-5-2-6-10-24/h1-17H,18H2,(H,35,38). The minimum absolute atomic E-state index is 0.215. The minimum Gasteiger partial charge on any atom is -0.482 e. The maximum Gasteiger partial charge on any atom is 0.343 e. The van der Waals surface area contributed by atoms with Crippen molar-refractivity contribution < 1.29 is 23.9 Å². The molecule has 0 aliphatic carbocycles. The molecular formula is C31H20Br2ClN3O5. The van der Waals surface area contributed by atoms with Crippen LogP contribution in [0.4, 0.5) is 21.9 Å². The van der Waals surface area contributed by atoms with E-state index in [0.717, 1.165) is 9.80 Å². The van der Waals surface area contributed by atoms with Crippen LogP contribution in [0.25, 0.3) is 6.08 Å². The molecule has 5 amide bonds. The topological polar surface area (TPSA) is 96.0 Å². The van der Waals surface area contributed by atoms with Crippen LogP contribution < -0.4 is 19.9 Å². The molecule has 1 aliphatic rings. The van der Waals surface area contributed by atoms with Crippen LogP contribution >= 0.6 is 43.5 Å². The van der Waals surface area contributed by atoms with E-state index in [1.165, 1.54) is 6.08 Å². The van der Waals surface area contributed by atoms with Crippen molar-refractivity contribution in [1.29, 1.82) is 0 Å². The van der Waals surface area contributed by atoms with Crippen LogP contribution in [-0.4, -0.2) is 30.4 Å². The first-order valence-corrected chi connectivity index (χ1v) is 14.4. The van der Waals surface area contributed by atoms with Gasteiger partial charge in [-0.05, 0) is 82.7 Å². The summed E-state index contributed by atoms with van der Waals surface area (Å²) >= 11 is 12.8. The normalized spacial score (nSPS) is 13.3. The molecule has 11 heteroatoms. The first-order chi connectivity index (χ1) is 20.2. The molecule has 1 N–H and O–H groups in total.